The zero-order valence-corrected chi connectivity index (χ0v) is 17.4. The second kappa shape index (κ2) is 12.5. The van der Waals surface area contributed by atoms with Crippen molar-refractivity contribution >= 4 is 23.3 Å². The number of carbonyl (C=O) groups is 2. The van der Waals surface area contributed by atoms with Gasteiger partial charge < -0.3 is 10.3 Å². The van der Waals surface area contributed by atoms with Crippen LogP contribution in [0.3, 0.4) is 0 Å². The molecule has 0 saturated carbocycles. The van der Waals surface area contributed by atoms with E-state index in [4.69, 9.17) is 0 Å². The van der Waals surface area contributed by atoms with Crippen LogP contribution in [-0.2, 0) is 16.0 Å². The standard InChI is InChI=1S/C24H31N3O2/c1-3-21(29)13-9-4-5-10-14-24-26-17-23(27-24)20(18-28)15-16-22(25-2)19-11-7-6-8-12-19/h6-8,11-12,15-18,25H,3-5,9-10,13-14H2,1-2H3,(H,26,27)/b20-15+,22-16-. The van der Waals surface area contributed by atoms with Gasteiger partial charge in [-0.25, -0.2) is 4.98 Å². The number of aromatic nitrogens is 2. The van der Waals surface area contributed by atoms with Crippen LogP contribution >= 0.6 is 0 Å². The van der Waals surface area contributed by atoms with Gasteiger partial charge in [0.15, 0.2) is 6.29 Å². The van der Waals surface area contributed by atoms with Crippen molar-refractivity contribution in [3.8, 4) is 0 Å². The van der Waals surface area contributed by atoms with Crippen molar-refractivity contribution < 1.29 is 9.59 Å². The lowest BCUT2D eigenvalue weighted by atomic mass is 10.1. The average Bonchev–Trinajstić information content (AvgIpc) is 3.23. The first kappa shape index (κ1) is 22.3. The highest BCUT2D eigenvalue weighted by Crippen LogP contribution is 2.15. The fraction of sp³-hybridized carbons (Fsp3) is 0.375. The average molecular weight is 394 g/mol. The number of aldehydes is 1. The summed E-state index contributed by atoms with van der Waals surface area (Å²) >= 11 is 0. The number of allylic oxidation sites excluding steroid dienone is 3. The van der Waals surface area contributed by atoms with E-state index < -0.39 is 0 Å². The van der Waals surface area contributed by atoms with Gasteiger partial charge >= 0.3 is 0 Å². The summed E-state index contributed by atoms with van der Waals surface area (Å²) in [5, 5.41) is 3.16. The van der Waals surface area contributed by atoms with E-state index in [1.54, 1.807) is 12.3 Å². The number of aryl methyl sites for hydroxylation is 1. The number of imidazole rings is 1. The minimum Gasteiger partial charge on any atom is -0.388 e. The SMILES string of the molecule is CCC(=O)CCCCCCc1ncc(/C(C=O)=C/C=C(\NC)c2ccccc2)[nH]1. The van der Waals surface area contributed by atoms with E-state index in [0.717, 1.165) is 61.2 Å². The molecule has 0 radical (unpaired) electrons. The van der Waals surface area contributed by atoms with Gasteiger partial charge in [0.05, 0.1) is 11.9 Å². The quantitative estimate of drug-likeness (QED) is 0.223. The lowest BCUT2D eigenvalue weighted by molar-refractivity contribution is -0.118. The summed E-state index contributed by atoms with van der Waals surface area (Å²) in [5.74, 6) is 1.23. The molecule has 154 valence electrons. The van der Waals surface area contributed by atoms with Gasteiger partial charge in [0.2, 0.25) is 0 Å². The molecule has 0 aliphatic heterocycles. The van der Waals surface area contributed by atoms with E-state index >= 15 is 0 Å². The Morgan fingerprint density at radius 3 is 2.55 bits per heavy atom. The van der Waals surface area contributed by atoms with Crippen molar-refractivity contribution in [1.29, 1.82) is 0 Å². The summed E-state index contributed by atoms with van der Waals surface area (Å²) in [6, 6.07) is 9.97. The molecule has 5 nitrogen and oxygen atoms in total. The van der Waals surface area contributed by atoms with Gasteiger partial charge in [0, 0.05) is 37.6 Å². The van der Waals surface area contributed by atoms with Crippen LogP contribution in [0.1, 0.15) is 62.5 Å². The summed E-state index contributed by atoms with van der Waals surface area (Å²) in [4.78, 5) is 30.5. The molecule has 0 saturated heterocycles. The number of H-pyrrole nitrogens is 1. The van der Waals surface area contributed by atoms with Gasteiger partial charge in [-0.1, -0.05) is 50.1 Å². The maximum absolute atomic E-state index is 11.6. The van der Waals surface area contributed by atoms with Crippen LogP contribution in [0.15, 0.2) is 48.7 Å². The molecule has 5 heteroatoms. The fourth-order valence-electron chi connectivity index (χ4n) is 3.09. The first-order valence-corrected chi connectivity index (χ1v) is 10.3. The fourth-order valence-corrected chi connectivity index (χ4v) is 3.09. The molecule has 0 fully saturated rings. The molecule has 0 bridgehead atoms. The number of nitrogens with zero attached hydrogens (tertiary/aromatic N) is 1. The minimum absolute atomic E-state index is 0.344. The van der Waals surface area contributed by atoms with Crippen molar-refractivity contribution in [2.45, 2.75) is 51.9 Å². The third-order valence-electron chi connectivity index (χ3n) is 4.86. The number of rotatable bonds is 13. The lowest BCUT2D eigenvalue weighted by Gasteiger charge is -2.05. The number of ketones is 1. The van der Waals surface area contributed by atoms with Crippen molar-refractivity contribution in [2.24, 2.45) is 0 Å². The second-order valence-electron chi connectivity index (χ2n) is 6.99. The molecule has 0 unspecified atom stereocenters. The molecule has 0 aliphatic rings. The third kappa shape index (κ3) is 7.53. The summed E-state index contributed by atoms with van der Waals surface area (Å²) in [6.07, 6.45) is 12.6. The van der Waals surface area contributed by atoms with E-state index in [0.29, 0.717) is 24.2 Å². The molecule has 0 atom stereocenters. The smallest absolute Gasteiger partial charge is 0.152 e. The normalized spacial score (nSPS) is 12.1. The molecule has 1 heterocycles. The van der Waals surface area contributed by atoms with Crippen LogP contribution in [0, 0.1) is 0 Å². The zero-order valence-electron chi connectivity index (χ0n) is 17.4. The topological polar surface area (TPSA) is 74.8 Å². The summed E-state index contributed by atoms with van der Waals surface area (Å²) in [5.41, 5.74) is 3.28. The Morgan fingerprint density at radius 1 is 1.10 bits per heavy atom. The first-order valence-electron chi connectivity index (χ1n) is 10.3. The first-order chi connectivity index (χ1) is 14.2. The number of carbonyl (C=O) groups excluding carboxylic acids is 2. The molecule has 2 rings (SSSR count). The maximum atomic E-state index is 11.6. The molecule has 2 aromatic rings. The minimum atomic E-state index is 0.344. The van der Waals surface area contributed by atoms with E-state index in [-0.39, 0.29) is 0 Å². The number of benzene rings is 1. The highest BCUT2D eigenvalue weighted by atomic mass is 16.1. The van der Waals surface area contributed by atoms with Crippen molar-refractivity contribution in [1.82, 2.24) is 15.3 Å². The summed E-state index contributed by atoms with van der Waals surface area (Å²) in [7, 11) is 1.86. The molecule has 1 aromatic carbocycles. The Kier molecular flexibility index (Phi) is 9.63. The molecule has 0 spiro atoms. The van der Waals surface area contributed by atoms with Crippen LogP contribution in [0.25, 0.3) is 11.3 Å². The largest absolute Gasteiger partial charge is 0.388 e. The maximum Gasteiger partial charge on any atom is 0.152 e. The summed E-state index contributed by atoms with van der Waals surface area (Å²) < 4.78 is 0. The predicted molar refractivity (Wildman–Crippen MR) is 118 cm³/mol. The van der Waals surface area contributed by atoms with E-state index in [1.165, 1.54) is 0 Å². The molecular formula is C24H31N3O2. The Hall–Kier alpha value is -2.95. The molecule has 29 heavy (non-hydrogen) atoms. The Bertz CT molecular complexity index is 835. The van der Waals surface area contributed by atoms with Gasteiger partial charge in [-0.05, 0) is 30.6 Å². The monoisotopic (exact) mass is 393 g/mol. The Morgan fingerprint density at radius 2 is 1.86 bits per heavy atom. The van der Waals surface area contributed by atoms with Crippen molar-refractivity contribution in [2.75, 3.05) is 7.05 Å². The molecular weight excluding hydrogens is 362 g/mol. The van der Waals surface area contributed by atoms with Gasteiger partial charge in [-0.2, -0.15) is 0 Å². The summed E-state index contributed by atoms with van der Waals surface area (Å²) in [6.45, 7) is 1.91. The van der Waals surface area contributed by atoms with Gasteiger partial charge in [-0.15, -0.1) is 0 Å². The number of nitrogens with one attached hydrogen (secondary N) is 2. The van der Waals surface area contributed by atoms with Crippen LogP contribution in [0.5, 0.6) is 0 Å². The molecule has 2 N–H and O–H groups in total. The van der Waals surface area contributed by atoms with Crippen molar-refractivity contribution in [3.05, 3.63) is 65.8 Å². The second-order valence-corrected chi connectivity index (χ2v) is 6.99. The predicted octanol–water partition coefficient (Wildman–Crippen LogP) is 4.72. The molecule has 0 amide bonds. The number of unbranched alkanes of at least 4 members (excludes halogenated alkanes) is 3. The third-order valence-corrected chi connectivity index (χ3v) is 4.86. The Balaban J connectivity index is 1.91. The van der Waals surface area contributed by atoms with Gasteiger partial charge in [0.25, 0.3) is 0 Å². The number of hydrogen-bond acceptors (Lipinski definition) is 4. The Labute approximate surface area is 173 Å². The highest BCUT2D eigenvalue weighted by Gasteiger charge is 2.06. The molecule has 0 aliphatic carbocycles. The molecule has 1 aromatic heterocycles. The van der Waals surface area contributed by atoms with E-state index in [1.807, 2.05) is 50.4 Å². The van der Waals surface area contributed by atoms with Crippen molar-refractivity contribution in [3.63, 3.8) is 0 Å². The number of hydrogen-bond donors (Lipinski definition) is 2. The van der Waals surface area contributed by atoms with Crippen LogP contribution in [0.2, 0.25) is 0 Å². The van der Waals surface area contributed by atoms with E-state index in [2.05, 4.69) is 15.3 Å². The zero-order chi connectivity index (χ0) is 20.9. The van der Waals surface area contributed by atoms with Crippen LogP contribution in [0.4, 0.5) is 0 Å². The van der Waals surface area contributed by atoms with Gasteiger partial charge in [0.1, 0.15) is 11.6 Å². The number of aromatic amines is 1. The van der Waals surface area contributed by atoms with Crippen LogP contribution in [-0.4, -0.2) is 29.1 Å². The number of Topliss-reactive ketones (excluding diaryl/α,β-unsaturated/α-hetero) is 1. The van der Waals surface area contributed by atoms with E-state index in [9.17, 15) is 9.59 Å². The van der Waals surface area contributed by atoms with Gasteiger partial charge in [-0.3, -0.25) is 9.59 Å². The lowest BCUT2D eigenvalue weighted by Crippen LogP contribution is -2.04. The van der Waals surface area contributed by atoms with Crippen LogP contribution < -0.4 is 5.32 Å². The highest BCUT2D eigenvalue weighted by molar-refractivity contribution is 6.06.